The summed E-state index contributed by atoms with van der Waals surface area (Å²) in [7, 11) is 0. The number of morpholine rings is 1. The summed E-state index contributed by atoms with van der Waals surface area (Å²) in [6, 6.07) is -0.377. The second-order valence-electron chi connectivity index (χ2n) is 5.45. The van der Waals surface area contributed by atoms with Crippen LogP contribution in [0.5, 0.6) is 0 Å². The Bertz CT molecular complexity index is 329. The highest BCUT2D eigenvalue weighted by Gasteiger charge is 2.35. The van der Waals surface area contributed by atoms with E-state index in [1.807, 2.05) is 18.7 Å². The van der Waals surface area contributed by atoms with Crippen molar-refractivity contribution in [2.75, 3.05) is 39.4 Å². The largest absolute Gasteiger partial charge is 0.379 e. The number of rotatable bonds is 8. The van der Waals surface area contributed by atoms with Crippen molar-refractivity contribution in [3.05, 3.63) is 0 Å². The Labute approximate surface area is 149 Å². The smallest absolute Gasteiger partial charge is 0.277 e. The highest BCUT2D eigenvalue weighted by atomic mass is 35.5. The molecule has 0 spiro atoms. The van der Waals surface area contributed by atoms with Gasteiger partial charge in [-0.1, -0.05) is 26.7 Å². The zero-order chi connectivity index (χ0) is 15.9. The molecule has 0 aromatic carbocycles. The van der Waals surface area contributed by atoms with Crippen molar-refractivity contribution in [3.8, 4) is 0 Å². The molecule has 1 amide bonds. The maximum atomic E-state index is 13.2. The summed E-state index contributed by atoms with van der Waals surface area (Å²) < 4.78 is 31.7. The van der Waals surface area contributed by atoms with Gasteiger partial charge in [-0.15, -0.1) is 24.8 Å². The first kappa shape index (κ1) is 25.0. The lowest BCUT2D eigenvalue weighted by molar-refractivity contribution is -0.132. The van der Waals surface area contributed by atoms with E-state index in [1.165, 1.54) is 0 Å². The van der Waals surface area contributed by atoms with Crippen LogP contribution in [0, 0.1) is 5.92 Å². The van der Waals surface area contributed by atoms with Gasteiger partial charge in [0.2, 0.25) is 5.91 Å². The standard InChI is InChI=1S/C14H27F2N3O2.2ClH/c1-3-11(4-2)12(19-5-7-21-8-6-19)13(20)18-10-14(15,16)9-17;;/h11-12H,3-10,17H2,1-2H3,(H,18,20);2*1H. The van der Waals surface area contributed by atoms with Crippen molar-refractivity contribution in [2.24, 2.45) is 11.7 Å². The molecule has 23 heavy (non-hydrogen) atoms. The number of nitrogens with two attached hydrogens (primary N) is 1. The summed E-state index contributed by atoms with van der Waals surface area (Å²) in [5, 5.41) is 2.37. The third-order valence-electron chi connectivity index (χ3n) is 4.02. The molecule has 1 heterocycles. The molecule has 0 radical (unpaired) electrons. The number of carbonyl (C=O) groups is 1. The summed E-state index contributed by atoms with van der Waals surface area (Å²) in [5.74, 6) is -3.24. The number of alkyl halides is 2. The van der Waals surface area contributed by atoms with Crippen LogP contribution in [0.15, 0.2) is 0 Å². The van der Waals surface area contributed by atoms with Crippen LogP contribution in [0.1, 0.15) is 26.7 Å². The number of carbonyl (C=O) groups excluding carboxylic acids is 1. The number of hydrogen-bond donors (Lipinski definition) is 2. The summed E-state index contributed by atoms with van der Waals surface area (Å²) in [5.41, 5.74) is 5.00. The number of halogens is 4. The van der Waals surface area contributed by atoms with Gasteiger partial charge < -0.3 is 15.8 Å². The minimum absolute atomic E-state index is 0. The van der Waals surface area contributed by atoms with Crippen molar-refractivity contribution in [3.63, 3.8) is 0 Å². The van der Waals surface area contributed by atoms with Crippen LogP contribution in [-0.4, -0.2) is 62.2 Å². The second kappa shape index (κ2) is 12.2. The van der Waals surface area contributed by atoms with Crippen LogP contribution in [0.4, 0.5) is 8.78 Å². The first-order valence-electron chi connectivity index (χ1n) is 7.62. The molecule has 1 rings (SSSR count). The van der Waals surface area contributed by atoms with Gasteiger partial charge in [-0.3, -0.25) is 9.69 Å². The Morgan fingerprint density at radius 1 is 1.26 bits per heavy atom. The second-order valence-corrected chi connectivity index (χ2v) is 5.45. The van der Waals surface area contributed by atoms with E-state index in [1.54, 1.807) is 0 Å². The number of amides is 1. The van der Waals surface area contributed by atoms with E-state index in [0.29, 0.717) is 26.3 Å². The third-order valence-corrected chi connectivity index (χ3v) is 4.02. The highest BCUT2D eigenvalue weighted by molar-refractivity contribution is 5.85. The molecule has 0 aromatic rings. The predicted molar refractivity (Wildman–Crippen MR) is 91.8 cm³/mol. The highest BCUT2D eigenvalue weighted by Crippen LogP contribution is 2.20. The lowest BCUT2D eigenvalue weighted by atomic mass is 9.91. The van der Waals surface area contributed by atoms with E-state index < -0.39 is 19.0 Å². The molecule has 1 fully saturated rings. The summed E-state index contributed by atoms with van der Waals surface area (Å²) in [6.07, 6.45) is 1.67. The van der Waals surface area contributed by atoms with E-state index in [4.69, 9.17) is 10.5 Å². The molecular weight excluding hydrogens is 351 g/mol. The van der Waals surface area contributed by atoms with Gasteiger partial charge in [-0.25, -0.2) is 8.78 Å². The molecule has 1 unspecified atom stereocenters. The molecule has 1 atom stereocenters. The van der Waals surface area contributed by atoms with Gasteiger partial charge in [0.05, 0.1) is 32.3 Å². The lowest BCUT2D eigenvalue weighted by Gasteiger charge is -2.37. The number of ether oxygens (including phenoxy) is 1. The van der Waals surface area contributed by atoms with Crippen molar-refractivity contribution < 1.29 is 18.3 Å². The minimum atomic E-state index is -3.06. The fourth-order valence-electron chi connectivity index (χ4n) is 2.66. The van der Waals surface area contributed by atoms with E-state index in [9.17, 15) is 13.6 Å². The molecule has 0 aliphatic carbocycles. The minimum Gasteiger partial charge on any atom is -0.379 e. The third kappa shape index (κ3) is 7.94. The first-order chi connectivity index (χ1) is 9.95. The van der Waals surface area contributed by atoms with Gasteiger partial charge in [0.25, 0.3) is 5.92 Å². The van der Waals surface area contributed by atoms with Gasteiger partial charge in [0.15, 0.2) is 0 Å². The summed E-state index contributed by atoms with van der Waals surface area (Å²) in [6.45, 7) is 5.02. The van der Waals surface area contributed by atoms with Gasteiger partial charge in [-0.05, 0) is 5.92 Å². The zero-order valence-electron chi connectivity index (χ0n) is 13.7. The van der Waals surface area contributed by atoms with Crippen molar-refractivity contribution in [1.29, 1.82) is 0 Å². The van der Waals surface area contributed by atoms with Crippen molar-refractivity contribution in [1.82, 2.24) is 10.2 Å². The number of nitrogens with one attached hydrogen (secondary N) is 1. The average Bonchev–Trinajstić information content (AvgIpc) is 2.51. The molecule has 0 bridgehead atoms. The van der Waals surface area contributed by atoms with Gasteiger partial charge >= 0.3 is 0 Å². The van der Waals surface area contributed by atoms with Crippen molar-refractivity contribution in [2.45, 2.75) is 38.7 Å². The molecule has 1 aliphatic heterocycles. The lowest BCUT2D eigenvalue weighted by Crippen LogP contribution is -2.56. The molecule has 1 aliphatic rings. The summed E-state index contributed by atoms with van der Waals surface area (Å²) in [4.78, 5) is 14.4. The van der Waals surface area contributed by atoms with Crippen LogP contribution in [0.25, 0.3) is 0 Å². The fraction of sp³-hybridized carbons (Fsp3) is 0.929. The van der Waals surface area contributed by atoms with Crippen LogP contribution in [0.3, 0.4) is 0 Å². The van der Waals surface area contributed by atoms with Crippen LogP contribution in [-0.2, 0) is 9.53 Å². The molecule has 1 saturated heterocycles. The van der Waals surface area contributed by atoms with E-state index in [2.05, 4.69) is 5.32 Å². The zero-order valence-corrected chi connectivity index (χ0v) is 15.4. The summed E-state index contributed by atoms with van der Waals surface area (Å²) >= 11 is 0. The fourth-order valence-corrected chi connectivity index (χ4v) is 2.66. The Balaban J connectivity index is 0. The SMILES string of the molecule is CCC(CC)C(C(=O)NCC(F)(F)CN)N1CCOCC1.Cl.Cl. The number of nitrogens with zero attached hydrogens (tertiary/aromatic N) is 1. The monoisotopic (exact) mass is 379 g/mol. The Morgan fingerprint density at radius 2 is 1.78 bits per heavy atom. The molecule has 3 N–H and O–H groups in total. The van der Waals surface area contributed by atoms with E-state index in [-0.39, 0.29) is 42.7 Å². The van der Waals surface area contributed by atoms with E-state index in [0.717, 1.165) is 12.8 Å². The van der Waals surface area contributed by atoms with Crippen LogP contribution < -0.4 is 11.1 Å². The molecule has 0 saturated carbocycles. The van der Waals surface area contributed by atoms with E-state index >= 15 is 0 Å². The Morgan fingerprint density at radius 3 is 2.22 bits per heavy atom. The van der Waals surface area contributed by atoms with Crippen LogP contribution in [0.2, 0.25) is 0 Å². The molecule has 5 nitrogen and oxygen atoms in total. The number of hydrogen-bond acceptors (Lipinski definition) is 4. The Hall–Kier alpha value is -0.210. The Kier molecular flexibility index (Phi) is 13.3. The topological polar surface area (TPSA) is 67.6 Å². The van der Waals surface area contributed by atoms with Gasteiger partial charge in [-0.2, -0.15) is 0 Å². The van der Waals surface area contributed by atoms with Gasteiger partial charge in [0.1, 0.15) is 0 Å². The normalized spacial score (nSPS) is 17.1. The molecule has 0 aromatic heterocycles. The molecular formula is C14H29Cl2F2N3O2. The quantitative estimate of drug-likeness (QED) is 0.673. The predicted octanol–water partition coefficient (Wildman–Crippen LogP) is 1.68. The average molecular weight is 380 g/mol. The maximum Gasteiger partial charge on any atom is 0.277 e. The molecule has 9 heteroatoms. The first-order valence-corrected chi connectivity index (χ1v) is 7.62. The maximum absolute atomic E-state index is 13.2. The van der Waals surface area contributed by atoms with Gasteiger partial charge in [0, 0.05) is 13.1 Å². The van der Waals surface area contributed by atoms with Crippen molar-refractivity contribution >= 4 is 30.7 Å². The van der Waals surface area contributed by atoms with Crippen LogP contribution >= 0.6 is 24.8 Å². The molecule has 140 valence electrons.